The number of nitrogens with one attached hydrogen (secondary N) is 1. The Morgan fingerprint density at radius 1 is 1.64 bits per heavy atom. The summed E-state index contributed by atoms with van der Waals surface area (Å²) in [7, 11) is 0. The molecule has 0 saturated heterocycles. The Labute approximate surface area is 139 Å². The van der Waals surface area contributed by atoms with Gasteiger partial charge in [0.1, 0.15) is 17.6 Å². The lowest BCUT2D eigenvalue weighted by Gasteiger charge is -2.26. The number of hydrogen-bond acceptors (Lipinski definition) is 11. The van der Waals surface area contributed by atoms with Gasteiger partial charge in [0.2, 0.25) is 0 Å². The van der Waals surface area contributed by atoms with Gasteiger partial charge >= 0.3 is 17.4 Å². The van der Waals surface area contributed by atoms with Crippen LogP contribution in [0.2, 0.25) is 0 Å². The van der Waals surface area contributed by atoms with Crippen molar-refractivity contribution in [2.75, 3.05) is 18.9 Å². The van der Waals surface area contributed by atoms with Crippen molar-refractivity contribution in [2.45, 2.75) is 11.8 Å². The number of aliphatic hydroxyl groups excluding tert-OH is 3. The Bertz CT molecular complexity index is 855. The van der Waals surface area contributed by atoms with E-state index in [1.807, 2.05) is 0 Å². The number of nitriles is 1. The number of nitrogen functional groups attached to an aromatic ring is 1. The monoisotopic (exact) mass is 351 g/mol. The van der Waals surface area contributed by atoms with Crippen LogP contribution >= 0.6 is 0 Å². The summed E-state index contributed by atoms with van der Waals surface area (Å²) in [6, 6.07) is 2.75. The van der Waals surface area contributed by atoms with Crippen molar-refractivity contribution in [3.63, 3.8) is 0 Å². The van der Waals surface area contributed by atoms with Crippen molar-refractivity contribution < 1.29 is 29.6 Å². The molecule has 12 nitrogen and oxygen atoms in total. The molecular weight excluding hydrogens is 338 g/mol. The molecule has 0 radical (unpaired) electrons. The Morgan fingerprint density at radius 3 is 2.88 bits per heavy atom. The van der Waals surface area contributed by atoms with Crippen LogP contribution in [0.3, 0.4) is 0 Å². The molecule has 1 aliphatic heterocycles. The second-order valence-corrected chi connectivity index (χ2v) is 4.84. The van der Waals surface area contributed by atoms with Crippen LogP contribution in [0.15, 0.2) is 28.6 Å². The minimum absolute atomic E-state index is 0.129. The lowest BCUT2D eigenvalue weighted by Crippen LogP contribution is -2.48. The van der Waals surface area contributed by atoms with E-state index in [2.05, 4.69) is 9.72 Å². The molecule has 12 heteroatoms. The SMILES string of the molecule is N#C[C@@]1(n2ccc(N)nc2=O)OC(COC(=O)C(=N)CO)=C(O)C1O. The third kappa shape index (κ3) is 3.01. The van der Waals surface area contributed by atoms with E-state index in [9.17, 15) is 25.1 Å². The van der Waals surface area contributed by atoms with E-state index in [4.69, 9.17) is 21.0 Å². The number of hydrogen-bond donors (Lipinski definition) is 5. The van der Waals surface area contributed by atoms with E-state index >= 15 is 0 Å². The first-order valence-electron chi connectivity index (χ1n) is 6.68. The normalized spacial score (nSPS) is 22.2. The molecule has 0 fully saturated rings. The van der Waals surface area contributed by atoms with Gasteiger partial charge in [0.25, 0.3) is 0 Å². The number of esters is 1. The molecule has 0 spiro atoms. The molecule has 6 N–H and O–H groups in total. The topological polar surface area (TPSA) is 205 Å². The molecule has 1 aromatic rings. The molecule has 2 rings (SSSR count). The first kappa shape index (κ1) is 17.9. The molecule has 0 aliphatic carbocycles. The number of rotatable bonds is 5. The molecular formula is C13H13N5O7. The largest absolute Gasteiger partial charge is 0.506 e. The lowest BCUT2D eigenvalue weighted by atomic mass is 10.1. The summed E-state index contributed by atoms with van der Waals surface area (Å²) in [5, 5.41) is 45.2. The average Bonchev–Trinajstić information content (AvgIpc) is 2.84. The van der Waals surface area contributed by atoms with Crippen LogP contribution in [0.4, 0.5) is 5.82 Å². The van der Waals surface area contributed by atoms with E-state index in [0.717, 1.165) is 6.20 Å². The Morgan fingerprint density at radius 2 is 2.32 bits per heavy atom. The molecule has 0 bridgehead atoms. The third-order valence-corrected chi connectivity index (χ3v) is 3.28. The van der Waals surface area contributed by atoms with Gasteiger partial charge in [-0.1, -0.05) is 0 Å². The lowest BCUT2D eigenvalue weighted by molar-refractivity contribution is -0.137. The van der Waals surface area contributed by atoms with Gasteiger partial charge in [-0.2, -0.15) is 10.2 Å². The average molecular weight is 351 g/mol. The maximum absolute atomic E-state index is 11.9. The third-order valence-electron chi connectivity index (χ3n) is 3.28. The maximum Gasteiger partial charge on any atom is 0.354 e. The van der Waals surface area contributed by atoms with E-state index in [0.29, 0.717) is 4.57 Å². The standard InChI is InChI=1S/C13H13N5O7/c14-5-13(18-2-1-8(16)17-12(18)23)10(21)9(20)7(25-13)4-24-11(22)6(15)3-19/h1-2,10,15,19-21H,3-4H2,(H2,16,17,23)/t10?,13-/m1/s1. The fourth-order valence-corrected chi connectivity index (χ4v) is 2.01. The van der Waals surface area contributed by atoms with Crippen molar-refractivity contribution in [1.82, 2.24) is 9.55 Å². The Kier molecular flexibility index (Phi) is 4.72. The van der Waals surface area contributed by atoms with Crippen LogP contribution in [-0.2, 0) is 20.0 Å². The van der Waals surface area contributed by atoms with Crippen LogP contribution in [-0.4, -0.2) is 55.9 Å². The van der Waals surface area contributed by atoms with Gasteiger partial charge in [0.15, 0.2) is 24.2 Å². The Balaban J connectivity index is 2.31. The second-order valence-electron chi connectivity index (χ2n) is 4.84. The molecule has 0 saturated carbocycles. The highest BCUT2D eigenvalue weighted by Gasteiger charge is 2.53. The van der Waals surface area contributed by atoms with Crippen LogP contribution in [0.5, 0.6) is 0 Å². The summed E-state index contributed by atoms with van der Waals surface area (Å²) < 4.78 is 10.4. The van der Waals surface area contributed by atoms with Crippen molar-refractivity contribution in [1.29, 1.82) is 10.7 Å². The second kappa shape index (κ2) is 6.59. The number of aliphatic hydroxyl groups is 3. The van der Waals surface area contributed by atoms with Gasteiger partial charge in [-0.05, 0) is 6.07 Å². The molecule has 0 amide bonds. The zero-order valence-electron chi connectivity index (χ0n) is 12.5. The highest BCUT2D eigenvalue weighted by molar-refractivity contribution is 6.35. The number of ether oxygens (including phenoxy) is 2. The van der Waals surface area contributed by atoms with Gasteiger partial charge in [-0.15, -0.1) is 0 Å². The summed E-state index contributed by atoms with van der Waals surface area (Å²) in [5.41, 5.74) is 1.21. The zero-order chi connectivity index (χ0) is 18.8. The van der Waals surface area contributed by atoms with Gasteiger partial charge in [0, 0.05) is 6.20 Å². The first-order valence-corrected chi connectivity index (χ1v) is 6.68. The summed E-state index contributed by atoms with van der Waals surface area (Å²) in [6.07, 6.45) is -0.938. The van der Waals surface area contributed by atoms with Crippen molar-refractivity contribution >= 4 is 17.5 Å². The number of aromatic nitrogens is 2. The molecule has 132 valence electrons. The van der Waals surface area contributed by atoms with Crippen molar-refractivity contribution in [3.8, 4) is 6.07 Å². The molecule has 2 atom stereocenters. The molecule has 1 aromatic heterocycles. The smallest absolute Gasteiger partial charge is 0.354 e. The van der Waals surface area contributed by atoms with Gasteiger partial charge in [-0.25, -0.2) is 14.2 Å². The molecule has 25 heavy (non-hydrogen) atoms. The fourth-order valence-electron chi connectivity index (χ4n) is 2.01. The molecule has 0 aromatic carbocycles. The molecule has 2 heterocycles. The van der Waals surface area contributed by atoms with E-state index in [-0.39, 0.29) is 5.82 Å². The minimum Gasteiger partial charge on any atom is -0.506 e. The summed E-state index contributed by atoms with van der Waals surface area (Å²) in [4.78, 5) is 26.7. The number of nitrogens with two attached hydrogens (primary N) is 1. The highest BCUT2D eigenvalue weighted by Crippen LogP contribution is 2.36. The van der Waals surface area contributed by atoms with Gasteiger partial charge in [-0.3, -0.25) is 5.41 Å². The highest BCUT2D eigenvalue weighted by atomic mass is 16.6. The minimum atomic E-state index is -2.38. The van der Waals surface area contributed by atoms with Crippen molar-refractivity contribution in [2.24, 2.45) is 0 Å². The number of carbonyl (C=O) groups is 1. The Hall–Kier alpha value is -3.43. The fraction of sp³-hybridized carbons (Fsp3) is 0.308. The quantitative estimate of drug-likeness (QED) is 0.284. The number of anilines is 1. The molecule has 1 aliphatic rings. The zero-order valence-corrected chi connectivity index (χ0v) is 12.5. The van der Waals surface area contributed by atoms with Crippen LogP contribution in [0.25, 0.3) is 0 Å². The molecule has 1 unspecified atom stereocenters. The van der Waals surface area contributed by atoms with E-state index in [1.165, 1.54) is 6.07 Å². The van der Waals surface area contributed by atoms with E-state index in [1.54, 1.807) is 6.07 Å². The predicted molar refractivity (Wildman–Crippen MR) is 79.0 cm³/mol. The van der Waals surface area contributed by atoms with Gasteiger partial charge in [0.05, 0.1) is 6.61 Å². The van der Waals surface area contributed by atoms with Crippen LogP contribution in [0, 0.1) is 16.7 Å². The van der Waals surface area contributed by atoms with E-state index < -0.39 is 53.9 Å². The number of carbonyl (C=O) groups excluding carboxylic acids is 1. The van der Waals surface area contributed by atoms with Crippen LogP contribution in [0.1, 0.15) is 0 Å². The first-order chi connectivity index (χ1) is 11.8. The summed E-state index contributed by atoms with van der Waals surface area (Å²) >= 11 is 0. The summed E-state index contributed by atoms with van der Waals surface area (Å²) in [5.74, 6) is -2.66. The predicted octanol–water partition coefficient (Wildman–Crippen LogP) is -2.28. The number of nitrogens with zero attached hydrogens (tertiary/aromatic N) is 3. The van der Waals surface area contributed by atoms with Crippen molar-refractivity contribution in [3.05, 3.63) is 34.3 Å². The summed E-state index contributed by atoms with van der Waals surface area (Å²) in [6.45, 7) is -1.60. The van der Waals surface area contributed by atoms with Gasteiger partial charge < -0.3 is 30.5 Å². The maximum atomic E-state index is 11.9. The van der Waals surface area contributed by atoms with Crippen LogP contribution < -0.4 is 11.4 Å².